The predicted octanol–water partition coefficient (Wildman–Crippen LogP) is -0.0803. The van der Waals surface area contributed by atoms with Crippen LogP contribution in [0.5, 0.6) is 0 Å². The van der Waals surface area contributed by atoms with Crippen LogP contribution < -0.4 is 10.7 Å². The first-order valence-corrected chi connectivity index (χ1v) is 6.48. The molecule has 0 radical (unpaired) electrons. The van der Waals surface area contributed by atoms with Crippen LogP contribution >= 0.6 is 0 Å². The number of nitrogens with zero attached hydrogens (tertiary/aromatic N) is 1. The summed E-state index contributed by atoms with van der Waals surface area (Å²) in [6.45, 7) is 0.479. The molecule has 1 fully saturated rings. The normalized spacial score (nSPS) is 28.3. The van der Waals surface area contributed by atoms with Gasteiger partial charge < -0.3 is 10.4 Å². The summed E-state index contributed by atoms with van der Waals surface area (Å²) >= 11 is 0. The second-order valence-corrected chi connectivity index (χ2v) is 4.92. The van der Waals surface area contributed by atoms with Crippen LogP contribution in [-0.4, -0.2) is 35.3 Å². The van der Waals surface area contributed by atoms with E-state index in [1.165, 1.54) is 0 Å². The second-order valence-electron chi connectivity index (χ2n) is 4.92. The average molecular weight is 253 g/mol. The third-order valence-corrected chi connectivity index (χ3v) is 3.56. The number of nitrogens with one attached hydrogen (secondary N) is 2. The molecule has 0 aromatic rings. The summed E-state index contributed by atoms with van der Waals surface area (Å²) in [5.74, 6) is -0.261. The molecular formula is C12H19N3O3. The van der Waals surface area contributed by atoms with Gasteiger partial charge in [0.1, 0.15) is 5.71 Å². The molecule has 1 aliphatic carbocycles. The molecule has 100 valence electrons. The van der Waals surface area contributed by atoms with Crippen molar-refractivity contribution in [3.63, 3.8) is 0 Å². The minimum absolute atomic E-state index is 0.140. The van der Waals surface area contributed by atoms with Gasteiger partial charge in [0.05, 0.1) is 6.10 Å². The van der Waals surface area contributed by atoms with Crippen molar-refractivity contribution in [2.24, 2.45) is 11.0 Å². The largest absolute Gasteiger partial charge is 0.393 e. The molecule has 1 aliphatic heterocycles. The number of hydrazone groups is 1. The van der Waals surface area contributed by atoms with Crippen molar-refractivity contribution in [2.75, 3.05) is 6.54 Å². The van der Waals surface area contributed by atoms with Gasteiger partial charge in [-0.2, -0.15) is 5.10 Å². The monoisotopic (exact) mass is 253 g/mol. The molecule has 0 aromatic carbocycles. The topological polar surface area (TPSA) is 90.8 Å². The lowest BCUT2D eigenvalue weighted by Crippen LogP contribution is -2.41. The zero-order valence-electron chi connectivity index (χ0n) is 10.3. The minimum atomic E-state index is -0.313. The van der Waals surface area contributed by atoms with Crippen LogP contribution in [0.2, 0.25) is 0 Å². The summed E-state index contributed by atoms with van der Waals surface area (Å²) in [6, 6.07) is 0. The highest BCUT2D eigenvalue weighted by molar-refractivity contribution is 6.39. The van der Waals surface area contributed by atoms with Gasteiger partial charge in [0.25, 0.3) is 5.91 Å². The first-order valence-electron chi connectivity index (χ1n) is 6.48. The summed E-state index contributed by atoms with van der Waals surface area (Å²) in [6.07, 6.45) is 4.30. The molecule has 1 saturated carbocycles. The summed E-state index contributed by atoms with van der Waals surface area (Å²) in [5.41, 5.74) is 2.66. The standard InChI is InChI=1S/C12H19N3O3/c16-10-4-2-1-3-8(10)7-13-12(18)9-5-6-11(17)15-14-9/h8,10,16H,1-7H2,(H,13,18)(H,15,17). The van der Waals surface area contributed by atoms with E-state index in [2.05, 4.69) is 15.8 Å². The van der Waals surface area contributed by atoms with E-state index < -0.39 is 0 Å². The van der Waals surface area contributed by atoms with Crippen LogP contribution in [0.1, 0.15) is 38.5 Å². The summed E-state index contributed by atoms with van der Waals surface area (Å²) in [5, 5.41) is 16.3. The first kappa shape index (κ1) is 13.0. The second kappa shape index (κ2) is 5.95. The molecule has 0 bridgehead atoms. The molecule has 2 rings (SSSR count). The molecule has 2 aliphatic rings. The van der Waals surface area contributed by atoms with E-state index in [4.69, 9.17) is 0 Å². The number of carbonyl (C=O) groups excluding carboxylic acids is 2. The van der Waals surface area contributed by atoms with Crippen LogP contribution in [-0.2, 0) is 9.59 Å². The third-order valence-electron chi connectivity index (χ3n) is 3.56. The van der Waals surface area contributed by atoms with Crippen molar-refractivity contribution < 1.29 is 14.7 Å². The maximum Gasteiger partial charge on any atom is 0.267 e. The van der Waals surface area contributed by atoms with E-state index in [0.717, 1.165) is 25.7 Å². The fourth-order valence-corrected chi connectivity index (χ4v) is 2.39. The Morgan fingerprint density at radius 2 is 2.17 bits per heavy atom. The molecule has 0 spiro atoms. The van der Waals surface area contributed by atoms with Gasteiger partial charge in [0.2, 0.25) is 5.91 Å². The fraction of sp³-hybridized carbons (Fsp3) is 0.750. The quantitative estimate of drug-likeness (QED) is 0.657. The van der Waals surface area contributed by atoms with Gasteiger partial charge >= 0.3 is 0 Å². The number of hydrogen-bond acceptors (Lipinski definition) is 4. The maximum absolute atomic E-state index is 11.8. The molecule has 18 heavy (non-hydrogen) atoms. The molecule has 3 N–H and O–H groups in total. The Morgan fingerprint density at radius 1 is 1.39 bits per heavy atom. The minimum Gasteiger partial charge on any atom is -0.393 e. The molecule has 2 atom stereocenters. The lowest BCUT2D eigenvalue weighted by atomic mass is 9.86. The Bertz CT molecular complexity index is 368. The number of aliphatic hydroxyl groups excluding tert-OH is 1. The van der Waals surface area contributed by atoms with Crippen molar-refractivity contribution in [2.45, 2.75) is 44.6 Å². The van der Waals surface area contributed by atoms with Crippen LogP contribution in [0.4, 0.5) is 0 Å². The van der Waals surface area contributed by atoms with Gasteiger partial charge in [0, 0.05) is 25.3 Å². The fourth-order valence-electron chi connectivity index (χ4n) is 2.39. The lowest BCUT2D eigenvalue weighted by Gasteiger charge is -2.27. The number of amides is 2. The molecule has 1 heterocycles. The average Bonchev–Trinajstić information content (AvgIpc) is 2.38. The molecule has 6 heteroatoms. The van der Waals surface area contributed by atoms with Gasteiger partial charge in [-0.3, -0.25) is 9.59 Å². The number of aliphatic hydroxyl groups is 1. The Kier molecular flexibility index (Phi) is 4.30. The highest BCUT2D eigenvalue weighted by Gasteiger charge is 2.24. The van der Waals surface area contributed by atoms with E-state index in [1.54, 1.807) is 0 Å². The van der Waals surface area contributed by atoms with E-state index in [1.807, 2.05) is 0 Å². The van der Waals surface area contributed by atoms with Crippen molar-refractivity contribution in [1.82, 2.24) is 10.7 Å². The highest BCUT2D eigenvalue weighted by Crippen LogP contribution is 2.23. The smallest absolute Gasteiger partial charge is 0.267 e. The van der Waals surface area contributed by atoms with Gasteiger partial charge in [0.15, 0.2) is 0 Å². The molecule has 0 saturated heterocycles. The number of rotatable bonds is 3. The van der Waals surface area contributed by atoms with E-state index in [9.17, 15) is 14.7 Å². The van der Waals surface area contributed by atoms with Crippen molar-refractivity contribution in [3.8, 4) is 0 Å². The van der Waals surface area contributed by atoms with Crippen molar-refractivity contribution >= 4 is 17.5 Å². The molecule has 0 aromatic heterocycles. The Labute approximate surface area is 106 Å². The van der Waals surface area contributed by atoms with Crippen molar-refractivity contribution in [3.05, 3.63) is 0 Å². The summed E-state index contributed by atoms with van der Waals surface area (Å²) in [7, 11) is 0. The number of carbonyl (C=O) groups is 2. The van der Waals surface area contributed by atoms with E-state index in [0.29, 0.717) is 25.1 Å². The number of hydrogen-bond donors (Lipinski definition) is 3. The highest BCUT2D eigenvalue weighted by atomic mass is 16.3. The molecular weight excluding hydrogens is 234 g/mol. The Morgan fingerprint density at radius 3 is 2.83 bits per heavy atom. The zero-order valence-corrected chi connectivity index (χ0v) is 10.3. The lowest BCUT2D eigenvalue weighted by molar-refractivity contribution is -0.121. The summed E-state index contributed by atoms with van der Waals surface area (Å²) in [4.78, 5) is 22.7. The molecule has 6 nitrogen and oxygen atoms in total. The Balaban J connectivity index is 1.79. The SMILES string of the molecule is O=C1CCC(C(=O)NCC2CCCCC2O)=NN1. The van der Waals surface area contributed by atoms with Crippen LogP contribution in [0.25, 0.3) is 0 Å². The maximum atomic E-state index is 11.8. The van der Waals surface area contributed by atoms with Crippen molar-refractivity contribution in [1.29, 1.82) is 0 Å². The predicted molar refractivity (Wildman–Crippen MR) is 65.8 cm³/mol. The summed E-state index contributed by atoms with van der Waals surface area (Å²) < 4.78 is 0. The van der Waals surface area contributed by atoms with Gasteiger partial charge in [-0.1, -0.05) is 12.8 Å². The third kappa shape index (κ3) is 3.29. The Hall–Kier alpha value is -1.43. The van der Waals surface area contributed by atoms with Crippen LogP contribution in [0.3, 0.4) is 0 Å². The van der Waals surface area contributed by atoms with E-state index >= 15 is 0 Å². The first-order chi connectivity index (χ1) is 8.66. The molecule has 2 amide bonds. The van der Waals surface area contributed by atoms with E-state index in [-0.39, 0.29) is 23.8 Å². The van der Waals surface area contributed by atoms with Gasteiger partial charge in [-0.05, 0) is 12.8 Å². The van der Waals surface area contributed by atoms with Crippen LogP contribution in [0.15, 0.2) is 5.10 Å². The molecule has 2 unspecified atom stereocenters. The van der Waals surface area contributed by atoms with Gasteiger partial charge in [-0.15, -0.1) is 0 Å². The van der Waals surface area contributed by atoms with Gasteiger partial charge in [-0.25, -0.2) is 5.43 Å². The zero-order chi connectivity index (χ0) is 13.0. The van der Waals surface area contributed by atoms with Crippen LogP contribution in [0, 0.1) is 5.92 Å².